The van der Waals surface area contributed by atoms with Crippen LogP contribution in [0.15, 0.2) is 73.1 Å². The van der Waals surface area contributed by atoms with Gasteiger partial charge in [0.2, 0.25) is 0 Å². The van der Waals surface area contributed by atoms with E-state index in [4.69, 9.17) is 0 Å². The molecule has 0 unspecified atom stereocenters. The molecule has 0 fully saturated rings. The summed E-state index contributed by atoms with van der Waals surface area (Å²) in [7, 11) is 0. The molecular weight excluding hydrogens is 508 g/mol. The molecule has 11 heteroatoms. The van der Waals surface area contributed by atoms with Gasteiger partial charge < -0.3 is 25.4 Å². The van der Waals surface area contributed by atoms with E-state index in [-0.39, 0.29) is 29.3 Å². The van der Waals surface area contributed by atoms with E-state index in [1.165, 1.54) is 12.1 Å². The van der Waals surface area contributed by atoms with Gasteiger partial charge in [0.15, 0.2) is 0 Å². The predicted octanol–water partition coefficient (Wildman–Crippen LogP) is 5.32. The van der Waals surface area contributed by atoms with E-state index in [0.29, 0.717) is 21.5 Å². The lowest BCUT2D eigenvalue weighted by atomic mass is 9.81. The molecule has 9 nitrogen and oxygen atoms in total. The molecule has 0 atom stereocenters. The summed E-state index contributed by atoms with van der Waals surface area (Å²) in [5, 5.41) is 42.3. The minimum Gasteiger partial charge on any atom is -0.478 e. The molecule has 0 aliphatic heterocycles. The molecule has 1 heterocycles. The fraction of sp³-hybridized carbons (Fsp3) is 0. The lowest BCUT2D eigenvalue weighted by Crippen LogP contribution is -2.18. The molecule has 1 aromatic heterocycles. The summed E-state index contributed by atoms with van der Waals surface area (Å²) in [6.07, 6.45) is 3.75. The van der Waals surface area contributed by atoms with Crippen LogP contribution >= 0.6 is 0 Å². The average Bonchev–Trinajstić information content (AvgIpc) is 3.45. The van der Waals surface area contributed by atoms with E-state index in [1.807, 2.05) is 36.7 Å². The molecule has 5 N–H and O–H groups in total. The maximum atomic E-state index is 12.3. The number of carboxylic acid groups (broad SMARTS) is 4. The monoisotopic (exact) mass is 526 g/mol. The van der Waals surface area contributed by atoms with Gasteiger partial charge in [0.1, 0.15) is 0 Å². The molecule has 6 rings (SSSR count). The highest BCUT2D eigenvalue weighted by atomic mass is 19.0. The number of carboxylic acids is 4. The summed E-state index contributed by atoms with van der Waals surface area (Å²) in [5.41, 5.74) is -2.93. The fourth-order valence-electron chi connectivity index (χ4n) is 4.99. The Hall–Kier alpha value is -5.45. The summed E-state index contributed by atoms with van der Waals surface area (Å²) >= 11 is 0. The van der Waals surface area contributed by atoms with Crippen molar-refractivity contribution >= 4 is 75.4 Å². The maximum absolute atomic E-state index is 12.3. The van der Waals surface area contributed by atoms with Gasteiger partial charge in [-0.25, -0.2) is 19.2 Å². The van der Waals surface area contributed by atoms with Crippen LogP contribution < -0.4 is 0 Å². The Balaban J connectivity index is 0.000000542. The van der Waals surface area contributed by atoms with E-state index in [9.17, 15) is 39.6 Å². The highest BCUT2D eigenvalue weighted by Gasteiger charge is 2.33. The first kappa shape index (κ1) is 28.1. The SMILES string of the molecule is F.O=C(O)c1c(C(=O)O)c2c(C(=O)O)ccc3c4cccc5cccc(c(c1C(=O)O)c23)c54.[B].c1cc[nH]c1. The molecule has 0 amide bonds. The van der Waals surface area contributed by atoms with Crippen molar-refractivity contribution in [2.45, 2.75) is 0 Å². The van der Waals surface area contributed by atoms with Crippen molar-refractivity contribution in [2.75, 3.05) is 0 Å². The first-order chi connectivity index (χ1) is 17.7. The fourth-order valence-corrected chi connectivity index (χ4v) is 4.99. The molecule has 39 heavy (non-hydrogen) atoms. The molecule has 0 bridgehead atoms. The molecular formula is C28H18BFNO8. The van der Waals surface area contributed by atoms with Crippen molar-refractivity contribution in [1.29, 1.82) is 0 Å². The molecule has 0 spiro atoms. The van der Waals surface area contributed by atoms with Crippen LogP contribution in [0.1, 0.15) is 41.4 Å². The first-order valence-corrected chi connectivity index (χ1v) is 10.9. The van der Waals surface area contributed by atoms with Crippen molar-refractivity contribution in [2.24, 2.45) is 0 Å². The van der Waals surface area contributed by atoms with Crippen molar-refractivity contribution in [1.82, 2.24) is 4.98 Å². The Morgan fingerprint density at radius 3 is 1.51 bits per heavy atom. The Labute approximate surface area is 220 Å². The summed E-state index contributed by atoms with van der Waals surface area (Å²) in [6, 6.07) is 17.1. The number of aromatic carboxylic acids is 4. The number of aromatic nitrogens is 1. The van der Waals surface area contributed by atoms with E-state index in [1.54, 1.807) is 24.3 Å². The molecule has 3 radical (unpaired) electrons. The molecule has 193 valence electrons. The van der Waals surface area contributed by atoms with Crippen molar-refractivity contribution in [3.05, 3.63) is 95.3 Å². The number of hydrogen-bond donors (Lipinski definition) is 5. The number of carbonyl (C=O) groups is 4. The number of benzene rings is 5. The normalized spacial score (nSPS) is 10.5. The third kappa shape index (κ3) is 4.25. The van der Waals surface area contributed by atoms with Gasteiger partial charge in [-0.2, -0.15) is 0 Å². The Morgan fingerprint density at radius 2 is 1.03 bits per heavy atom. The van der Waals surface area contributed by atoms with Gasteiger partial charge in [0.25, 0.3) is 0 Å². The molecule has 0 aliphatic rings. The smallest absolute Gasteiger partial charge is 0.337 e. The zero-order valence-electron chi connectivity index (χ0n) is 19.8. The third-order valence-corrected chi connectivity index (χ3v) is 6.29. The summed E-state index contributed by atoms with van der Waals surface area (Å²) in [4.78, 5) is 51.6. The second kappa shape index (κ2) is 10.5. The molecule has 0 aliphatic carbocycles. The number of nitrogens with one attached hydrogen (secondary N) is 1. The Bertz CT molecular complexity index is 1880. The van der Waals surface area contributed by atoms with Crippen LogP contribution in [0.5, 0.6) is 0 Å². The quantitative estimate of drug-likeness (QED) is 0.117. The van der Waals surface area contributed by atoms with E-state index in [2.05, 4.69) is 4.98 Å². The van der Waals surface area contributed by atoms with E-state index >= 15 is 0 Å². The molecule has 0 saturated heterocycles. The van der Waals surface area contributed by atoms with Gasteiger partial charge in [0.05, 0.1) is 22.3 Å². The van der Waals surface area contributed by atoms with Gasteiger partial charge in [0, 0.05) is 37.0 Å². The van der Waals surface area contributed by atoms with Crippen molar-refractivity contribution < 1.29 is 44.3 Å². The topological polar surface area (TPSA) is 165 Å². The number of rotatable bonds is 4. The zero-order valence-corrected chi connectivity index (χ0v) is 19.8. The largest absolute Gasteiger partial charge is 0.478 e. The Morgan fingerprint density at radius 1 is 0.513 bits per heavy atom. The van der Waals surface area contributed by atoms with E-state index < -0.39 is 46.1 Å². The summed E-state index contributed by atoms with van der Waals surface area (Å²) in [6.45, 7) is 0. The maximum Gasteiger partial charge on any atom is 0.337 e. The minimum absolute atomic E-state index is 0. The number of hydrogen-bond acceptors (Lipinski definition) is 4. The van der Waals surface area contributed by atoms with Gasteiger partial charge in [-0.3, -0.25) is 4.70 Å². The van der Waals surface area contributed by atoms with Crippen LogP contribution in [0.25, 0.3) is 43.1 Å². The molecule has 6 aromatic rings. The zero-order chi connectivity index (χ0) is 26.4. The standard InChI is InChI=1S/C24H12O8.C4H5N.B.FH/c25-21(26)13-8-7-11-10-5-1-3-9-4-2-6-12(14(9)10)16-15(11)17(13)19(23(29)30)20(24(31)32)18(16)22(27)28;1-2-4-5-3-1;;/h1-8H,(H,25,26)(H,27,28)(H,29,30)(H,31,32);1-5H;;1H. The first-order valence-electron chi connectivity index (χ1n) is 10.9. The highest BCUT2D eigenvalue weighted by Crippen LogP contribution is 2.45. The predicted molar refractivity (Wildman–Crippen MR) is 145 cm³/mol. The number of halogens is 1. The van der Waals surface area contributed by atoms with Crippen LogP contribution in [0.4, 0.5) is 4.70 Å². The Kier molecular flexibility index (Phi) is 7.58. The second-order valence-corrected chi connectivity index (χ2v) is 8.23. The summed E-state index contributed by atoms with van der Waals surface area (Å²) in [5.74, 6) is -6.58. The lowest BCUT2D eigenvalue weighted by molar-refractivity contribution is 0.0635. The number of aromatic amines is 1. The van der Waals surface area contributed by atoms with E-state index in [0.717, 1.165) is 5.39 Å². The minimum atomic E-state index is -1.77. The van der Waals surface area contributed by atoms with Crippen LogP contribution in [-0.2, 0) is 0 Å². The van der Waals surface area contributed by atoms with Crippen molar-refractivity contribution in [3.8, 4) is 0 Å². The van der Waals surface area contributed by atoms with Crippen LogP contribution in [0.3, 0.4) is 0 Å². The van der Waals surface area contributed by atoms with Crippen molar-refractivity contribution in [3.63, 3.8) is 0 Å². The van der Waals surface area contributed by atoms with Gasteiger partial charge >= 0.3 is 23.9 Å². The second-order valence-electron chi connectivity index (χ2n) is 8.23. The lowest BCUT2D eigenvalue weighted by Gasteiger charge is -2.20. The van der Waals surface area contributed by atoms with Crippen LogP contribution in [0, 0.1) is 0 Å². The van der Waals surface area contributed by atoms with Gasteiger partial charge in [-0.1, -0.05) is 42.5 Å². The molecule has 0 saturated carbocycles. The van der Waals surface area contributed by atoms with Crippen LogP contribution in [-0.4, -0.2) is 57.7 Å². The van der Waals surface area contributed by atoms with Gasteiger partial charge in [-0.05, 0) is 45.1 Å². The summed E-state index contributed by atoms with van der Waals surface area (Å²) < 4.78 is 0. The van der Waals surface area contributed by atoms with Crippen LogP contribution in [0.2, 0.25) is 0 Å². The van der Waals surface area contributed by atoms with Gasteiger partial charge in [-0.15, -0.1) is 0 Å². The average molecular weight is 526 g/mol. The third-order valence-electron chi connectivity index (χ3n) is 6.29. The molecule has 5 aromatic carbocycles. The number of H-pyrrole nitrogens is 1. The highest BCUT2D eigenvalue weighted by molar-refractivity contribution is 6.40. The number of fused-ring (bicyclic) bond motifs is 2.